The number of esters is 1. The molecule has 3 fully saturated rings. The SMILES string of the molecule is C=C1C[C@H]2[C@@H]3CCC4=CC(=O)C(C)C[C@@H]4[C@H]3CC[C@]2(C)[C@H]1OC(=O)CCCCCCCCCCC. The van der Waals surface area contributed by atoms with Gasteiger partial charge in [0.15, 0.2) is 5.78 Å². The Balaban J connectivity index is 1.27. The number of fused-ring (bicyclic) bond motifs is 5. The zero-order valence-electron chi connectivity index (χ0n) is 22.8. The van der Waals surface area contributed by atoms with Crippen molar-refractivity contribution in [1.29, 1.82) is 0 Å². The maximum atomic E-state index is 12.8. The fraction of sp³-hybridized carbons (Fsp3) is 0.812. The van der Waals surface area contributed by atoms with Crippen molar-refractivity contribution in [2.45, 2.75) is 130 Å². The Kier molecular flexibility index (Phi) is 8.98. The van der Waals surface area contributed by atoms with Crippen LogP contribution in [-0.2, 0) is 14.3 Å². The molecule has 3 saturated carbocycles. The zero-order chi connectivity index (χ0) is 25.0. The van der Waals surface area contributed by atoms with Crippen LogP contribution in [0.15, 0.2) is 23.8 Å². The summed E-state index contributed by atoms with van der Waals surface area (Å²) in [6, 6.07) is 0. The van der Waals surface area contributed by atoms with Crippen LogP contribution in [0, 0.1) is 35.0 Å². The molecule has 0 bridgehead atoms. The Bertz CT molecular complexity index is 810. The Morgan fingerprint density at radius 2 is 1.74 bits per heavy atom. The summed E-state index contributed by atoms with van der Waals surface area (Å²) in [5.74, 6) is 3.01. The van der Waals surface area contributed by atoms with Gasteiger partial charge in [0.1, 0.15) is 6.10 Å². The highest BCUT2D eigenvalue weighted by molar-refractivity contribution is 5.93. The summed E-state index contributed by atoms with van der Waals surface area (Å²) in [7, 11) is 0. The van der Waals surface area contributed by atoms with E-state index in [0.717, 1.165) is 44.1 Å². The number of rotatable bonds is 11. The molecule has 4 rings (SSSR count). The van der Waals surface area contributed by atoms with Gasteiger partial charge in [-0.1, -0.05) is 84.3 Å². The molecule has 196 valence electrons. The van der Waals surface area contributed by atoms with Gasteiger partial charge in [0, 0.05) is 17.8 Å². The monoisotopic (exact) mass is 482 g/mol. The molecule has 3 heteroatoms. The summed E-state index contributed by atoms with van der Waals surface area (Å²) in [5.41, 5.74) is 2.61. The average Bonchev–Trinajstić information content (AvgIpc) is 3.08. The lowest BCUT2D eigenvalue weighted by molar-refractivity contribution is -0.156. The van der Waals surface area contributed by atoms with E-state index < -0.39 is 0 Å². The van der Waals surface area contributed by atoms with Gasteiger partial charge in [0.25, 0.3) is 0 Å². The highest BCUT2D eigenvalue weighted by Gasteiger charge is 2.59. The van der Waals surface area contributed by atoms with Crippen LogP contribution >= 0.6 is 0 Å². The van der Waals surface area contributed by atoms with Crippen LogP contribution in [0.4, 0.5) is 0 Å². The summed E-state index contributed by atoms with van der Waals surface area (Å²) < 4.78 is 6.19. The Labute approximate surface area is 214 Å². The van der Waals surface area contributed by atoms with E-state index >= 15 is 0 Å². The number of ketones is 1. The fourth-order valence-electron chi connectivity index (χ4n) is 8.25. The second-order valence-electron chi connectivity index (χ2n) is 12.7. The summed E-state index contributed by atoms with van der Waals surface area (Å²) in [5, 5.41) is 0. The standard InChI is InChI=1S/C32H50O3/c1-5-6-7-8-9-10-11-12-13-14-30(34)35-31-23(3)20-28-26-16-15-24-21-29(33)22(2)19-27(24)25(26)17-18-32(28,31)4/h21-22,25-28,31H,3,5-20H2,1-2,4H3/t22?,25-,26+,27-,28-,31-,32-/m0/s1. The first-order valence-electron chi connectivity index (χ1n) is 15.0. The largest absolute Gasteiger partial charge is 0.457 e. The predicted molar refractivity (Wildman–Crippen MR) is 143 cm³/mol. The molecule has 0 heterocycles. The van der Waals surface area contributed by atoms with Crippen LogP contribution < -0.4 is 0 Å². The maximum absolute atomic E-state index is 12.8. The van der Waals surface area contributed by atoms with E-state index in [2.05, 4.69) is 27.4 Å². The zero-order valence-corrected chi connectivity index (χ0v) is 22.8. The normalized spacial score (nSPS) is 36.3. The van der Waals surface area contributed by atoms with Gasteiger partial charge in [-0.2, -0.15) is 0 Å². The van der Waals surface area contributed by atoms with Crippen LogP contribution in [0.5, 0.6) is 0 Å². The third kappa shape index (κ3) is 5.80. The molecule has 4 aliphatic rings. The van der Waals surface area contributed by atoms with Gasteiger partial charge < -0.3 is 4.74 Å². The van der Waals surface area contributed by atoms with Gasteiger partial charge >= 0.3 is 5.97 Å². The molecule has 1 unspecified atom stereocenters. The van der Waals surface area contributed by atoms with E-state index in [1.165, 1.54) is 63.4 Å². The third-order valence-electron chi connectivity index (χ3n) is 10.3. The van der Waals surface area contributed by atoms with Crippen molar-refractivity contribution in [1.82, 2.24) is 0 Å². The van der Waals surface area contributed by atoms with E-state index in [1.54, 1.807) is 0 Å². The molecule has 3 nitrogen and oxygen atoms in total. The highest BCUT2D eigenvalue weighted by Crippen LogP contribution is 2.63. The second kappa shape index (κ2) is 11.8. The van der Waals surface area contributed by atoms with E-state index in [1.807, 2.05) is 6.08 Å². The Morgan fingerprint density at radius 3 is 2.46 bits per heavy atom. The van der Waals surface area contributed by atoms with Crippen molar-refractivity contribution in [2.75, 3.05) is 0 Å². The quantitative estimate of drug-likeness (QED) is 0.169. The number of unbranched alkanes of at least 4 members (excludes halogenated alkanes) is 8. The van der Waals surface area contributed by atoms with E-state index in [-0.39, 0.29) is 23.4 Å². The summed E-state index contributed by atoms with van der Waals surface area (Å²) in [6.07, 6.45) is 20.4. The van der Waals surface area contributed by atoms with Crippen molar-refractivity contribution < 1.29 is 14.3 Å². The molecule has 0 aromatic carbocycles. The first-order chi connectivity index (χ1) is 16.8. The highest BCUT2D eigenvalue weighted by atomic mass is 16.5. The predicted octanol–water partition coefficient (Wildman–Crippen LogP) is 8.37. The summed E-state index contributed by atoms with van der Waals surface area (Å²) >= 11 is 0. The average molecular weight is 483 g/mol. The van der Waals surface area contributed by atoms with Crippen molar-refractivity contribution in [3.05, 3.63) is 23.8 Å². The molecule has 0 aromatic heterocycles. The number of hydrogen-bond acceptors (Lipinski definition) is 3. The molecule has 0 spiro atoms. The lowest BCUT2D eigenvalue weighted by Gasteiger charge is -2.53. The lowest BCUT2D eigenvalue weighted by atomic mass is 9.51. The lowest BCUT2D eigenvalue weighted by Crippen LogP contribution is -2.48. The molecule has 35 heavy (non-hydrogen) atoms. The maximum Gasteiger partial charge on any atom is 0.306 e. The fourth-order valence-corrected chi connectivity index (χ4v) is 8.25. The molecule has 7 atom stereocenters. The van der Waals surface area contributed by atoms with Crippen LogP contribution in [0.25, 0.3) is 0 Å². The Morgan fingerprint density at radius 1 is 1.06 bits per heavy atom. The first-order valence-corrected chi connectivity index (χ1v) is 15.0. The minimum atomic E-state index is -0.108. The van der Waals surface area contributed by atoms with Gasteiger partial charge in [-0.3, -0.25) is 9.59 Å². The number of hydrogen-bond donors (Lipinski definition) is 0. The van der Waals surface area contributed by atoms with Crippen molar-refractivity contribution in [2.24, 2.45) is 35.0 Å². The van der Waals surface area contributed by atoms with Crippen molar-refractivity contribution >= 4 is 11.8 Å². The molecule has 0 amide bonds. The van der Waals surface area contributed by atoms with Crippen LogP contribution in [0.3, 0.4) is 0 Å². The molecule has 0 aromatic rings. The molecule has 0 aliphatic heterocycles. The van der Waals surface area contributed by atoms with Gasteiger partial charge in [-0.15, -0.1) is 0 Å². The van der Waals surface area contributed by atoms with E-state index in [9.17, 15) is 9.59 Å². The molecule has 4 aliphatic carbocycles. The van der Waals surface area contributed by atoms with Gasteiger partial charge in [-0.25, -0.2) is 0 Å². The van der Waals surface area contributed by atoms with Crippen molar-refractivity contribution in [3.8, 4) is 0 Å². The van der Waals surface area contributed by atoms with Gasteiger partial charge in [0.05, 0.1) is 0 Å². The van der Waals surface area contributed by atoms with Gasteiger partial charge in [-0.05, 0) is 80.3 Å². The second-order valence-corrected chi connectivity index (χ2v) is 12.7. The third-order valence-corrected chi connectivity index (χ3v) is 10.3. The number of allylic oxidation sites excluding steroid dienone is 1. The minimum Gasteiger partial charge on any atom is -0.457 e. The van der Waals surface area contributed by atoms with Crippen LogP contribution in [0.2, 0.25) is 0 Å². The first kappa shape index (κ1) is 26.7. The van der Waals surface area contributed by atoms with E-state index in [4.69, 9.17) is 4.74 Å². The number of carbonyl (C=O) groups is 2. The molecule has 0 N–H and O–H groups in total. The Hall–Kier alpha value is -1.38. The molecule has 0 saturated heterocycles. The van der Waals surface area contributed by atoms with Crippen LogP contribution in [0.1, 0.15) is 124 Å². The number of ether oxygens (including phenoxy) is 1. The summed E-state index contributed by atoms with van der Waals surface area (Å²) in [6.45, 7) is 11.2. The van der Waals surface area contributed by atoms with E-state index in [0.29, 0.717) is 35.9 Å². The van der Waals surface area contributed by atoms with Crippen molar-refractivity contribution in [3.63, 3.8) is 0 Å². The molecular formula is C32H50O3. The summed E-state index contributed by atoms with van der Waals surface area (Å²) in [4.78, 5) is 25.1. The molecule has 0 radical (unpaired) electrons. The molecular weight excluding hydrogens is 432 g/mol. The smallest absolute Gasteiger partial charge is 0.306 e. The topological polar surface area (TPSA) is 43.4 Å². The minimum absolute atomic E-state index is 0.0171. The van der Waals surface area contributed by atoms with Gasteiger partial charge in [0.2, 0.25) is 0 Å². The number of carbonyl (C=O) groups excluding carboxylic acids is 2. The van der Waals surface area contributed by atoms with Crippen LogP contribution in [-0.4, -0.2) is 17.9 Å².